The third-order valence-corrected chi connectivity index (χ3v) is 10.3. The molecule has 45 heavy (non-hydrogen) atoms. The van der Waals surface area contributed by atoms with E-state index in [1.54, 1.807) is 0 Å². The molecule has 0 saturated carbocycles. The fraction of sp³-hybridized carbons (Fsp3) is 0.0698. The summed E-state index contributed by atoms with van der Waals surface area (Å²) in [6.07, 6.45) is 0. The second kappa shape index (κ2) is 8.74. The summed E-state index contributed by atoms with van der Waals surface area (Å²) in [7, 11) is 0. The lowest BCUT2D eigenvalue weighted by Gasteiger charge is -2.23. The Labute approximate surface area is 261 Å². The van der Waals surface area contributed by atoms with Crippen molar-refractivity contribution in [2.45, 2.75) is 19.3 Å². The van der Waals surface area contributed by atoms with Crippen LogP contribution in [0.3, 0.4) is 0 Å². The van der Waals surface area contributed by atoms with Gasteiger partial charge in [0.2, 0.25) is 0 Å². The molecular weight excluding hydrogens is 544 g/mol. The summed E-state index contributed by atoms with van der Waals surface area (Å²) in [5.74, 6) is 0. The molecule has 1 aliphatic rings. The highest BCUT2D eigenvalue weighted by atomic mass is 15.0. The standard InChI is InChI=1S/C43H30N2/c1-43(2)36-18-10-8-16-31(36)33-22-23-34-40-30-15-7-6-12-27(30)20-24-39(40)45(42(34)41(33)43)29-21-25-38-35(26-29)32-17-9-11-19-37(32)44(38)28-13-4-3-5-14-28/h3-26H,1-2H3. The maximum absolute atomic E-state index is 2.55. The first-order chi connectivity index (χ1) is 22.1. The molecule has 7 aromatic carbocycles. The second-order valence-corrected chi connectivity index (χ2v) is 13.0. The molecule has 0 amide bonds. The summed E-state index contributed by atoms with van der Waals surface area (Å²) in [5.41, 5.74) is 12.7. The van der Waals surface area contributed by atoms with E-state index in [2.05, 4.69) is 169 Å². The Morgan fingerprint density at radius 3 is 2.04 bits per heavy atom. The van der Waals surface area contributed by atoms with Crippen LogP contribution in [0, 0.1) is 0 Å². The lowest BCUT2D eigenvalue weighted by atomic mass is 9.81. The van der Waals surface area contributed by atoms with Crippen LogP contribution in [-0.4, -0.2) is 9.13 Å². The summed E-state index contributed by atoms with van der Waals surface area (Å²) < 4.78 is 4.95. The first-order valence-corrected chi connectivity index (χ1v) is 15.8. The molecular formula is C43H30N2. The first kappa shape index (κ1) is 24.8. The van der Waals surface area contributed by atoms with Crippen molar-refractivity contribution in [2.75, 3.05) is 0 Å². The van der Waals surface area contributed by atoms with Gasteiger partial charge < -0.3 is 9.13 Å². The number of para-hydroxylation sites is 2. The van der Waals surface area contributed by atoms with Gasteiger partial charge in [-0.3, -0.25) is 0 Å². The monoisotopic (exact) mass is 574 g/mol. The molecule has 0 saturated heterocycles. The van der Waals surface area contributed by atoms with E-state index < -0.39 is 0 Å². The molecule has 2 heterocycles. The van der Waals surface area contributed by atoms with Crippen molar-refractivity contribution < 1.29 is 0 Å². The van der Waals surface area contributed by atoms with Crippen LogP contribution in [0.1, 0.15) is 25.0 Å². The van der Waals surface area contributed by atoms with Crippen molar-refractivity contribution in [1.29, 1.82) is 0 Å². The molecule has 2 nitrogen and oxygen atoms in total. The second-order valence-electron chi connectivity index (χ2n) is 13.0. The van der Waals surface area contributed by atoms with E-state index in [1.807, 2.05) is 0 Å². The van der Waals surface area contributed by atoms with Crippen LogP contribution in [0.15, 0.2) is 146 Å². The third-order valence-electron chi connectivity index (χ3n) is 10.3. The Hall–Kier alpha value is -5.60. The zero-order valence-electron chi connectivity index (χ0n) is 25.3. The van der Waals surface area contributed by atoms with Gasteiger partial charge >= 0.3 is 0 Å². The van der Waals surface area contributed by atoms with Gasteiger partial charge in [-0.1, -0.05) is 117 Å². The third kappa shape index (κ3) is 3.18. The molecule has 0 spiro atoms. The molecule has 0 bridgehead atoms. The van der Waals surface area contributed by atoms with Gasteiger partial charge in [0.1, 0.15) is 0 Å². The van der Waals surface area contributed by atoms with Crippen molar-refractivity contribution in [3.05, 3.63) is 157 Å². The maximum Gasteiger partial charge on any atom is 0.0588 e. The van der Waals surface area contributed by atoms with Crippen LogP contribution in [0.5, 0.6) is 0 Å². The van der Waals surface area contributed by atoms with E-state index in [0.29, 0.717) is 0 Å². The number of hydrogen-bond donors (Lipinski definition) is 0. The largest absolute Gasteiger partial charge is 0.309 e. The Balaban J connectivity index is 1.37. The zero-order valence-corrected chi connectivity index (χ0v) is 25.3. The average molecular weight is 575 g/mol. The van der Waals surface area contributed by atoms with Gasteiger partial charge in [0.15, 0.2) is 0 Å². The summed E-state index contributed by atoms with van der Waals surface area (Å²) >= 11 is 0. The highest BCUT2D eigenvalue weighted by Crippen LogP contribution is 2.53. The fourth-order valence-corrected chi connectivity index (χ4v) is 8.35. The van der Waals surface area contributed by atoms with Crippen LogP contribution < -0.4 is 0 Å². The smallest absolute Gasteiger partial charge is 0.0588 e. The van der Waals surface area contributed by atoms with Gasteiger partial charge in [-0.2, -0.15) is 0 Å². The van der Waals surface area contributed by atoms with E-state index in [0.717, 1.165) is 0 Å². The van der Waals surface area contributed by atoms with Crippen LogP contribution in [0.4, 0.5) is 0 Å². The Kier molecular flexibility index (Phi) is 4.82. The minimum atomic E-state index is -0.138. The Morgan fingerprint density at radius 1 is 0.444 bits per heavy atom. The zero-order chi connectivity index (χ0) is 29.9. The molecule has 2 heteroatoms. The normalized spacial score (nSPS) is 13.7. The number of aromatic nitrogens is 2. The molecule has 0 N–H and O–H groups in total. The molecule has 9 aromatic rings. The molecule has 0 fully saturated rings. The van der Waals surface area contributed by atoms with Crippen LogP contribution in [0.25, 0.3) is 76.9 Å². The van der Waals surface area contributed by atoms with Gasteiger partial charge in [-0.15, -0.1) is 0 Å². The van der Waals surface area contributed by atoms with E-state index >= 15 is 0 Å². The summed E-state index contributed by atoms with van der Waals surface area (Å²) in [4.78, 5) is 0. The minimum Gasteiger partial charge on any atom is -0.309 e. The van der Waals surface area contributed by atoms with Crippen molar-refractivity contribution in [3.63, 3.8) is 0 Å². The molecule has 0 unspecified atom stereocenters. The molecule has 10 rings (SSSR count). The van der Waals surface area contributed by atoms with E-state index in [-0.39, 0.29) is 5.41 Å². The van der Waals surface area contributed by atoms with Crippen LogP contribution in [0.2, 0.25) is 0 Å². The SMILES string of the molecule is CC1(C)c2ccccc2-c2ccc3c4c5ccccc5ccc4n(-c4ccc5c(c4)c4ccccc4n5-c4ccccc4)c3c21. The topological polar surface area (TPSA) is 9.86 Å². The van der Waals surface area contributed by atoms with Crippen molar-refractivity contribution in [3.8, 4) is 22.5 Å². The maximum atomic E-state index is 2.55. The number of benzene rings is 7. The molecule has 0 radical (unpaired) electrons. The van der Waals surface area contributed by atoms with Gasteiger partial charge in [-0.25, -0.2) is 0 Å². The Bertz CT molecular complexity index is 2670. The van der Waals surface area contributed by atoms with E-state index in [4.69, 9.17) is 0 Å². The van der Waals surface area contributed by atoms with Crippen molar-refractivity contribution >= 4 is 54.4 Å². The van der Waals surface area contributed by atoms with Crippen molar-refractivity contribution in [2.24, 2.45) is 0 Å². The molecule has 1 aliphatic carbocycles. The lowest BCUT2D eigenvalue weighted by molar-refractivity contribution is 0.664. The van der Waals surface area contributed by atoms with E-state index in [1.165, 1.54) is 88.0 Å². The van der Waals surface area contributed by atoms with Crippen LogP contribution >= 0.6 is 0 Å². The minimum absolute atomic E-state index is 0.138. The molecule has 212 valence electrons. The van der Waals surface area contributed by atoms with Crippen LogP contribution in [-0.2, 0) is 5.41 Å². The number of hydrogen-bond acceptors (Lipinski definition) is 0. The van der Waals surface area contributed by atoms with Crippen molar-refractivity contribution in [1.82, 2.24) is 9.13 Å². The average Bonchev–Trinajstić information content (AvgIpc) is 3.68. The first-order valence-electron chi connectivity index (χ1n) is 15.8. The van der Waals surface area contributed by atoms with Gasteiger partial charge in [0, 0.05) is 38.3 Å². The van der Waals surface area contributed by atoms with Gasteiger partial charge in [-0.05, 0) is 75.5 Å². The van der Waals surface area contributed by atoms with Gasteiger partial charge in [0.25, 0.3) is 0 Å². The number of rotatable bonds is 2. The highest BCUT2D eigenvalue weighted by molar-refractivity contribution is 6.23. The quantitative estimate of drug-likeness (QED) is 0.194. The number of fused-ring (bicyclic) bond motifs is 12. The fourth-order valence-electron chi connectivity index (χ4n) is 8.35. The molecule has 2 aromatic heterocycles. The Morgan fingerprint density at radius 2 is 1.16 bits per heavy atom. The van der Waals surface area contributed by atoms with Gasteiger partial charge in [0.05, 0.1) is 22.1 Å². The molecule has 0 atom stereocenters. The summed E-state index contributed by atoms with van der Waals surface area (Å²) in [5, 5.41) is 7.74. The summed E-state index contributed by atoms with van der Waals surface area (Å²) in [6, 6.07) is 53.7. The predicted octanol–water partition coefficient (Wildman–Crippen LogP) is 11.3. The predicted molar refractivity (Wildman–Crippen MR) is 190 cm³/mol. The number of nitrogens with zero attached hydrogens (tertiary/aromatic N) is 2. The molecule has 0 aliphatic heterocycles. The van der Waals surface area contributed by atoms with E-state index in [9.17, 15) is 0 Å². The summed E-state index contributed by atoms with van der Waals surface area (Å²) in [6.45, 7) is 4.79. The lowest BCUT2D eigenvalue weighted by Crippen LogP contribution is -2.16. The highest BCUT2D eigenvalue weighted by Gasteiger charge is 2.38.